The lowest BCUT2D eigenvalue weighted by Gasteiger charge is -2.32. The van der Waals surface area contributed by atoms with Gasteiger partial charge in [0.2, 0.25) is 0 Å². The van der Waals surface area contributed by atoms with E-state index in [2.05, 4.69) is 10.2 Å². The minimum atomic E-state index is -0.536. The van der Waals surface area contributed by atoms with Crippen LogP contribution in [-0.2, 0) is 9.59 Å². The Morgan fingerprint density at radius 1 is 1.08 bits per heavy atom. The summed E-state index contributed by atoms with van der Waals surface area (Å²) >= 11 is 1.64. The topological polar surface area (TPSA) is 52.7 Å². The molecule has 0 radical (unpaired) electrons. The third-order valence-electron chi connectivity index (χ3n) is 4.90. The van der Waals surface area contributed by atoms with Crippen LogP contribution >= 0.6 is 11.8 Å². The number of nitrogens with zero attached hydrogens (tertiary/aromatic N) is 2. The van der Waals surface area contributed by atoms with Crippen LogP contribution in [0, 0.1) is 0 Å². The van der Waals surface area contributed by atoms with Crippen LogP contribution in [0.5, 0.6) is 0 Å². The Morgan fingerprint density at radius 2 is 1.79 bits per heavy atom. The van der Waals surface area contributed by atoms with Crippen molar-refractivity contribution >= 4 is 29.3 Å². The number of hydrogen-bond donors (Lipinski definition) is 1. The molecule has 1 atom stereocenters. The lowest BCUT2D eigenvalue weighted by molar-refractivity contribution is -0.142. The quantitative estimate of drug-likeness (QED) is 0.674. The first-order valence-corrected chi connectivity index (χ1v) is 9.88. The molecular formula is C18H25N3O2S. The lowest BCUT2D eigenvalue weighted by Crippen LogP contribution is -2.43. The average molecular weight is 347 g/mol. The summed E-state index contributed by atoms with van der Waals surface area (Å²) in [6.45, 7) is 3.61. The minimum absolute atomic E-state index is 0.413. The van der Waals surface area contributed by atoms with Gasteiger partial charge in [0.05, 0.1) is 0 Å². The van der Waals surface area contributed by atoms with E-state index in [0.717, 1.165) is 24.4 Å². The molecular weight excluding hydrogens is 322 g/mol. The van der Waals surface area contributed by atoms with Gasteiger partial charge in [0.15, 0.2) is 0 Å². The summed E-state index contributed by atoms with van der Waals surface area (Å²) in [5.41, 5.74) is 0.665. The second kappa shape index (κ2) is 8.03. The first-order valence-electron chi connectivity index (χ1n) is 8.66. The van der Waals surface area contributed by atoms with Gasteiger partial charge in [0.1, 0.15) is 0 Å². The van der Waals surface area contributed by atoms with Crippen LogP contribution in [0.4, 0.5) is 5.69 Å². The van der Waals surface area contributed by atoms with Crippen molar-refractivity contribution in [1.82, 2.24) is 9.80 Å². The second-order valence-electron chi connectivity index (χ2n) is 6.47. The summed E-state index contributed by atoms with van der Waals surface area (Å²) in [7, 11) is 0. The van der Waals surface area contributed by atoms with Crippen LogP contribution in [0.3, 0.4) is 0 Å². The van der Waals surface area contributed by atoms with E-state index < -0.39 is 11.8 Å². The molecule has 2 amide bonds. The third kappa shape index (κ3) is 4.11. The van der Waals surface area contributed by atoms with Crippen LogP contribution in [0.2, 0.25) is 0 Å². The second-order valence-corrected chi connectivity index (χ2v) is 7.35. The smallest absolute Gasteiger partial charge is 0.313 e. The van der Waals surface area contributed by atoms with Crippen molar-refractivity contribution in [2.45, 2.75) is 36.6 Å². The molecule has 0 aliphatic carbocycles. The Balaban J connectivity index is 1.52. The van der Waals surface area contributed by atoms with Crippen molar-refractivity contribution in [3.8, 4) is 0 Å². The van der Waals surface area contributed by atoms with Gasteiger partial charge in [-0.3, -0.25) is 14.5 Å². The summed E-state index contributed by atoms with van der Waals surface area (Å²) < 4.78 is 0. The van der Waals surface area contributed by atoms with Crippen LogP contribution in [-0.4, -0.2) is 60.1 Å². The van der Waals surface area contributed by atoms with Crippen molar-refractivity contribution in [3.05, 3.63) is 24.3 Å². The SMILES string of the molecule is CSc1ccc(NC(=O)C(=O)N2CCC(N3CCCCC3)C2)cc1. The maximum atomic E-state index is 12.4. The van der Waals surface area contributed by atoms with Gasteiger partial charge < -0.3 is 10.2 Å². The predicted molar refractivity (Wildman–Crippen MR) is 97.3 cm³/mol. The zero-order chi connectivity index (χ0) is 16.9. The number of nitrogens with one attached hydrogen (secondary N) is 1. The summed E-state index contributed by atoms with van der Waals surface area (Å²) in [6, 6.07) is 7.96. The summed E-state index contributed by atoms with van der Waals surface area (Å²) in [5.74, 6) is -0.949. The van der Waals surface area contributed by atoms with E-state index in [1.807, 2.05) is 30.5 Å². The Labute approximate surface area is 147 Å². The van der Waals surface area contributed by atoms with E-state index >= 15 is 0 Å². The zero-order valence-electron chi connectivity index (χ0n) is 14.2. The molecule has 24 heavy (non-hydrogen) atoms. The maximum absolute atomic E-state index is 12.4. The molecule has 2 aliphatic heterocycles. The molecule has 1 N–H and O–H groups in total. The largest absolute Gasteiger partial charge is 0.333 e. The Morgan fingerprint density at radius 3 is 2.46 bits per heavy atom. The molecule has 0 aromatic heterocycles. The number of likely N-dealkylation sites (tertiary alicyclic amines) is 2. The molecule has 1 unspecified atom stereocenters. The Kier molecular flexibility index (Phi) is 5.79. The third-order valence-corrected chi connectivity index (χ3v) is 5.64. The molecule has 0 saturated carbocycles. The number of anilines is 1. The molecule has 130 valence electrons. The van der Waals surface area contributed by atoms with Gasteiger partial charge in [0.25, 0.3) is 0 Å². The van der Waals surface area contributed by atoms with Crippen molar-refractivity contribution in [2.75, 3.05) is 37.8 Å². The highest BCUT2D eigenvalue weighted by molar-refractivity contribution is 7.98. The molecule has 1 aromatic carbocycles. The molecule has 6 heteroatoms. The number of rotatable bonds is 3. The number of amides is 2. The maximum Gasteiger partial charge on any atom is 0.313 e. The van der Waals surface area contributed by atoms with Crippen molar-refractivity contribution < 1.29 is 9.59 Å². The monoisotopic (exact) mass is 347 g/mol. The van der Waals surface area contributed by atoms with Gasteiger partial charge in [0, 0.05) is 29.7 Å². The van der Waals surface area contributed by atoms with Gasteiger partial charge in [-0.2, -0.15) is 0 Å². The van der Waals surface area contributed by atoms with E-state index in [0.29, 0.717) is 24.8 Å². The molecule has 0 spiro atoms. The first kappa shape index (κ1) is 17.3. The fourth-order valence-corrected chi connectivity index (χ4v) is 3.92. The highest BCUT2D eigenvalue weighted by atomic mass is 32.2. The van der Waals surface area contributed by atoms with Crippen LogP contribution in [0.25, 0.3) is 0 Å². The van der Waals surface area contributed by atoms with Gasteiger partial charge in [-0.1, -0.05) is 6.42 Å². The molecule has 5 nitrogen and oxygen atoms in total. The minimum Gasteiger partial charge on any atom is -0.333 e. The van der Waals surface area contributed by atoms with E-state index in [1.54, 1.807) is 16.7 Å². The summed E-state index contributed by atoms with van der Waals surface area (Å²) in [4.78, 5) is 29.9. The molecule has 3 rings (SSSR count). The predicted octanol–water partition coefficient (Wildman–Crippen LogP) is 2.43. The number of piperidine rings is 1. The zero-order valence-corrected chi connectivity index (χ0v) is 15.0. The molecule has 0 bridgehead atoms. The van der Waals surface area contributed by atoms with Gasteiger partial charge in [-0.05, 0) is 62.9 Å². The number of hydrogen-bond acceptors (Lipinski definition) is 4. The van der Waals surface area contributed by atoms with E-state index in [1.165, 1.54) is 19.3 Å². The van der Waals surface area contributed by atoms with Crippen LogP contribution < -0.4 is 5.32 Å². The number of benzene rings is 1. The van der Waals surface area contributed by atoms with Crippen molar-refractivity contribution in [2.24, 2.45) is 0 Å². The van der Waals surface area contributed by atoms with Crippen LogP contribution in [0.1, 0.15) is 25.7 Å². The summed E-state index contributed by atoms with van der Waals surface area (Å²) in [6.07, 6.45) is 6.78. The van der Waals surface area contributed by atoms with Crippen molar-refractivity contribution in [3.63, 3.8) is 0 Å². The number of carbonyl (C=O) groups excluding carboxylic acids is 2. The van der Waals surface area contributed by atoms with E-state index in [9.17, 15) is 9.59 Å². The number of thioether (sulfide) groups is 1. The molecule has 2 aliphatic rings. The van der Waals surface area contributed by atoms with E-state index in [4.69, 9.17) is 0 Å². The van der Waals surface area contributed by atoms with Gasteiger partial charge in [-0.15, -0.1) is 11.8 Å². The normalized spacial score (nSPS) is 21.7. The first-order chi connectivity index (χ1) is 11.7. The molecule has 2 saturated heterocycles. The standard InChI is InChI=1S/C18H25N3O2S/c1-24-16-7-5-14(6-8-16)19-17(22)18(23)21-12-9-15(13-21)20-10-3-2-4-11-20/h5-8,15H,2-4,9-13H2,1H3,(H,19,22). The Hall–Kier alpha value is -1.53. The Bertz CT molecular complexity index is 584. The van der Waals surface area contributed by atoms with Gasteiger partial charge >= 0.3 is 11.8 Å². The van der Waals surface area contributed by atoms with Crippen molar-refractivity contribution in [1.29, 1.82) is 0 Å². The lowest BCUT2D eigenvalue weighted by atomic mass is 10.1. The number of carbonyl (C=O) groups is 2. The molecule has 2 heterocycles. The fraction of sp³-hybridized carbons (Fsp3) is 0.556. The van der Waals surface area contributed by atoms with E-state index in [-0.39, 0.29) is 0 Å². The molecule has 2 fully saturated rings. The highest BCUT2D eigenvalue weighted by Gasteiger charge is 2.33. The van der Waals surface area contributed by atoms with Gasteiger partial charge in [-0.25, -0.2) is 0 Å². The van der Waals surface area contributed by atoms with Crippen LogP contribution in [0.15, 0.2) is 29.2 Å². The molecule has 1 aromatic rings. The highest BCUT2D eigenvalue weighted by Crippen LogP contribution is 2.21. The average Bonchev–Trinajstić information content (AvgIpc) is 3.12. The summed E-state index contributed by atoms with van der Waals surface area (Å²) in [5, 5.41) is 2.71. The fourth-order valence-electron chi connectivity index (χ4n) is 3.51.